The summed E-state index contributed by atoms with van der Waals surface area (Å²) in [6, 6.07) is 3.71. The van der Waals surface area contributed by atoms with Gasteiger partial charge in [-0.2, -0.15) is 11.8 Å². The predicted molar refractivity (Wildman–Crippen MR) is 52.9 cm³/mol. The largest absolute Gasteiger partial charge is 0.207 e. The van der Waals surface area contributed by atoms with E-state index < -0.39 is 11.6 Å². The molecular weight excluding hydrogens is 190 g/mol. The summed E-state index contributed by atoms with van der Waals surface area (Å²) in [5.74, 6) is -1.00. The normalized spacial score (nSPS) is 11.8. The molecule has 1 aromatic carbocycles. The van der Waals surface area contributed by atoms with Crippen molar-refractivity contribution in [2.75, 3.05) is 6.26 Å². The van der Waals surface area contributed by atoms with Gasteiger partial charge in [-0.05, 0) is 26.2 Å². The lowest BCUT2D eigenvalue weighted by Gasteiger charge is -2.22. The van der Waals surface area contributed by atoms with Crippen LogP contribution < -0.4 is 0 Å². The maximum Gasteiger partial charge on any atom is 0.130 e. The van der Waals surface area contributed by atoms with Gasteiger partial charge in [-0.1, -0.05) is 6.07 Å². The van der Waals surface area contributed by atoms with Crippen molar-refractivity contribution in [3.63, 3.8) is 0 Å². The Morgan fingerprint density at radius 3 is 2.31 bits per heavy atom. The van der Waals surface area contributed by atoms with E-state index in [1.54, 1.807) is 0 Å². The van der Waals surface area contributed by atoms with Crippen molar-refractivity contribution in [1.29, 1.82) is 0 Å². The van der Waals surface area contributed by atoms with Crippen LogP contribution in [0.15, 0.2) is 18.2 Å². The highest BCUT2D eigenvalue weighted by molar-refractivity contribution is 7.99. The third-order valence-electron chi connectivity index (χ3n) is 2.09. The summed E-state index contributed by atoms with van der Waals surface area (Å²) < 4.78 is 25.6. The van der Waals surface area contributed by atoms with Crippen molar-refractivity contribution in [3.8, 4) is 0 Å². The van der Waals surface area contributed by atoms with Gasteiger partial charge in [-0.15, -0.1) is 0 Å². The molecule has 0 fully saturated rings. The van der Waals surface area contributed by atoms with E-state index in [4.69, 9.17) is 0 Å². The van der Waals surface area contributed by atoms with E-state index >= 15 is 0 Å². The number of hydrogen-bond donors (Lipinski definition) is 0. The molecule has 0 aliphatic heterocycles. The zero-order valence-corrected chi connectivity index (χ0v) is 8.71. The van der Waals surface area contributed by atoms with Gasteiger partial charge in [0.25, 0.3) is 0 Å². The lowest BCUT2D eigenvalue weighted by Crippen LogP contribution is -2.13. The smallest absolute Gasteiger partial charge is 0.130 e. The van der Waals surface area contributed by atoms with Crippen molar-refractivity contribution in [2.45, 2.75) is 18.6 Å². The summed E-state index contributed by atoms with van der Waals surface area (Å²) >= 11 is 1.54. The SMILES string of the molecule is CSC(C)(C)c1ccc(F)cc1F. The van der Waals surface area contributed by atoms with Gasteiger partial charge in [0, 0.05) is 16.4 Å². The van der Waals surface area contributed by atoms with Gasteiger partial charge in [0.2, 0.25) is 0 Å². The Balaban J connectivity index is 3.16. The van der Waals surface area contributed by atoms with Crippen molar-refractivity contribution in [2.24, 2.45) is 0 Å². The summed E-state index contributed by atoms with van der Waals surface area (Å²) in [5, 5.41) is 0. The molecule has 0 aliphatic carbocycles. The average molecular weight is 202 g/mol. The van der Waals surface area contributed by atoms with Crippen LogP contribution in [0.5, 0.6) is 0 Å². The third kappa shape index (κ3) is 2.21. The van der Waals surface area contributed by atoms with Gasteiger partial charge in [-0.25, -0.2) is 8.78 Å². The Labute approximate surface area is 81.3 Å². The molecule has 72 valence electrons. The predicted octanol–water partition coefficient (Wildman–Crippen LogP) is 3.56. The van der Waals surface area contributed by atoms with Crippen molar-refractivity contribution >= 4 is 11.8 Å². The summed E-state index contributed by atoms with van der Waals surface area (Å²) in [4.78, 5) is 0. The van der Waals surface area contributed by atoms with Crippen LogP contribution in [0.1, 0.15) is 19.4 Å². The monoisotopic (exact) mass is 202 g/mol. The second kappa shape index (κ2) is 3.66. The molecule has 13 heavy (non-hydrogen) atoms. The zero-order valence-electron chi connectivity index (χ0n) is 7.90. The second-order valence-electron chi connectivity index (χ2n) is 3.34. The third-order valence-corrected chi connectivity index (χ3v) is 3.33. The molecule has 3 heteroatoms. The van der Waals surface area contributed by atoms with Crippen LogP contribution in [0.3, 0.4) is 0 Å². The number of benzene rings is 1. The van der Waals surface area contributed by atoms with Crippen molar-refractivity contribution < 1.29 is 8.78 Å². The maximum atomic E-state index is 13.3. The maximum absolute atomic E-state index is 13.3. The highest BCUT2D eigenvalue weighted by atomic mass is 32.2. The Kier molecular flexibility index (Phi) is 2.96. The topological polar surface area (TPSA) is 0 Å². The van der Waals surface area contributed by atoms with E-state index in [2.05, 4.69) is 0 Å². The fourth-order valence-electron chi connectivity index (χ4n) is 1.09. The van der Waals surface area contributed by atoms with Crippen LogP contribution in [0, 0.1) is 11.6 Å². The fraction of sp³-hybridized carbons (Fsp3) is 0.400. The Bertz CT molecular complexity index is 308. The molecule has 1 rings (SSSR count). The molecule has 1 aromatic rings. The highest BCUT2D eigenvalue weighted by Gasteiger charge is 2.22. The minimum atomic E-state index is -0.529. The van der Waals surface area contributed by atoms with Gasteiger partial charge >= 0.3 is 0 Å². The van der Waals surface area contributed by atoms with Gasteiger partial charge in [-0.3, -0.25) is 0 Å². The van der Waals surface area contributed by atoms with Gasteiger partial charge in [0.1, 0.15) is 11.6 Å². The molecule has 0 aliphatic rings. The quantitative estimate of drug-likeness (QED) is 0.706. The first-order valence-electron chi connectivity index (χ1n) is 3.98. The first-order chi connectivity index (χ1) is 5.97. The van der Waals surface area contributed by atoms with E-state index in [1.165, 1.54) is 23.9 Å². The second-order valence-corrected chi connectivity index (χ2v) is 4.77. The van der Waals surface area contributed by atoms with Crippen LogP contribution in [0.25, 0.3) is 0 Å². The van der Waals surface area contributed by atoms with E-state index in [0.29, 0.717) is 5.56 Å². The average Bonchev–Trinajstić information content (AvgIpc) is 2.03. The molecule has 0 spiro atoms. The highest BCUT2D eigenvalue weighted by Crippen LogP contribution is 2.35. The molecule has 0 nitrogen and oxygen atoms in total. The fourth-order valence-corrected chi connectivity index (χ4v) is 1.47. The first-order valence-corrected chi connectivity index (χ1v) is 5.20. The standard InChI is InChI=1S/C10H12F2S/c1-10(2,13-3)8-5-4-7(11)6-9(8)12/h4-6H,1-3H3. The van der Waals surface area contributed by atoms with Crippen LogP contribution in [-0.4, -0.2) is 6.26 Å². The van der Waals surface area contributed by atoms with Crippen molar-refractivity contribution in [3.05, 3.63) is 35.4 Å². The van der Waals surface area contributed by atoms with Crippen LogP contribution in [0.4, 0.5) is 8.78 Å². The molecule has 0 N–H and O–H groups in total. The van der Waals surface area contributed by atoms with E-state index in [-0.39, 0.29) is 4.75 Å². The summed E-state index contributed by atoms with van der Waals surface area (Å²) in [5.41, 5.74) is 0.543. The molecule has 0 radical (unpaired) electrons. The van der Waals surface area contributed by atoms with Gasteiger partial charge < -0.3 is 0 Å². The van der Waals surface area contributed by atoms with Crippen LogP contribution in [-0.2, 0) is 4.75 Å². The van der Waals surface area contributed by atoms with Gasteiger partial charge in [0.15, 0.2) is 0 Å². The number of rotatable bonds is 2. The Hall–Kier alpha value is -0.570. The van der Waals surface area contributed by atoms with Crippen LogP contribution >= 0.6 is 11.8 Å². The first kappa shape index (κ1) is 10.5. The molecule has 0 bridgehead atoms. The molecular formula is C10H12F2S. The van der Waals surface area contributed by atoms with E-state index in [9.17, 15) is 8.78 Å². The Morgan fingerprint density at radius 1 is 1.23 bits per heavy atom. The van der Waals surface area contributed by atoms with Crippen molar-refractivity contribution in [1.82, 2.24) is 0 Å². The summed E-state index contributed by atoms with van der Waals surface area (Å²) in [6.07, 6.45) is 1.91. The minimum Gasteiger partial charge on any atom is -0.207 e. The molecule has 0 unspecified atom stereocenters. The lowest BCUT2D eigenvalue weighted by atomic mass is 10.0. The summed E-state index contributed by atoms with van der Waals surface area (Å²) in [6.45, 7) is 3.82. The molecule has 0 heterocycles. The van der Waals surface area contributed by atoms with E-state index in [1.807, 2.05) is 20.1 Å². The van der Waals surface area contributed by atoms with Gasteiger partial charge in [0.05, 0.1) is 0 Å². The molecule has 0 saturated heterocycles. The zero-order chi connectivity index (χ0) is 10.1. The number of halogens is 2. The lowest BCUT2D eigenvalue weighted by molar-refractivity contribution is 0.558. The number of hydrogen-bond acceptors (Lipinski definition) is 1. The Morgan fingerprint density at radius 2 is 1.85 bits per heavy atom. The molecule has 0 saturated carbocycles. The minimum absolute atomic E-state index is 0.308. The van der Waals surface area contributed by atoms with E-state index in [0.717, 1.165) is 6.07 Å². The molecule has 0 amide bonds. The van der Waals surface area contributed by atoms with Crippen LogP contribution in [0.2, 0.25) is 0 Å². The summed E-state index contributed by atoms with van der Waals surface area (Å²) in [7, 11) is 0. The number of thioether (sulfide) groups is 1. The molecule has 0 aromatic heterocycles. The molecule has 0 atom stereocenters.